The number of amides is 1. The Balaban J connectivity index is 1.60. The van der Waals surface area contributed by atoms with E-state index in [1.807, 2.05) is 36.4 Å². The Hall–Kier alpha value is -2.99. The fourth-order valence-corrected chi connectivity index (χ4v) is 2.49. The number of hydrogen-bond acceptors (Lipinski definition) is 5. The number of benzene rings is 2. The molecule has 25 heavy (non-hydrogen) atoms. The molecule has 3 rings (SSSR count). The minimum Gasteiger partial charge on any atom is -0.391 e. The lowest BCUT2D eigenvalue weighted by Gasteiger charge is -2.12. The third-order valence-electron chi connectivity index (χ3n) is 3.72. The first-order chi connectivity index (χ1) is 12.1. The van der Waals surface area contributed by atoms with Crippen LogP contribution in [-0.2, 0) is 6.42 Å². The van der Waals surface area contributed by atoms with E-state index in [2.05, 4.69) is 15.5 Å². The van der Waals surface area contributed by atoms with Crippen LogP contribution in [0.15, 0.2) is 59.1 Å². The summed E-state index contributed by atoms with van der Waals surface area (Å²) in [6.45, 7) is 1.89. The third kappa shape index (κ3) is 4.51. The molecule has 0 fully saturated rings. The van der Waals surface area contributed by atoms with Gasteiger partial charge in [0, 0.05) is 31.0 Å². The molecule has 1 unspecified atom stereocenters. The Bertz CT molecular complexity index is 846. The van der Waals surface area contributed by atoms with E-state index in [4.69, 9.17) is 4.52 Å². The van der Waals surface area contributed by atoms with Gasteiger partial charge in [-0.2, -0.15) is 4.98 Å². The number of aliphatic hydroxyl groups is 1. The maximum atomic E-state index is 12.3. The Labute approximate surface area is 145 Å². The molecule has 0 aliphatic heterocycles. The molecular formula is C19H19N3O3. The summed E-state index contributed by atoms with van der Waals surface area (Å²) in [7, 11) is 0. The summed E-state index contributed by atoms with van der Waals surface area (Å²) in [6.07, 6.45) is -0.155. The zero-order valence-corrected chi connectivity index (χ0v) is 13.8. The zero-order chi connectivity index (χ0) is 17.6. The van der Waals surface area contributed by atoms with Gasteiger partial charge in [-0.1, -0.05) is 47.6 Å². The standard InChI is InChI=1S/C19H19N3O3/c1-13-21-18(22-25-13)15-8-5-9-16(11-15)19(24)20-12-17(23)10-14-6-3-2-4-7-14/h2-9,11,17,23H,10,12H2,1H3,(H,20,24). The molecule has 1 heterocycles. The van der Waals surface area contributed by atoms with E-state index in [0.29, 0.717) is 29.3 Å². The van der Waals surface area contributed by atoms with Crippen molar-refractivity contribution >= 4 is 5.91 Å². The molecule has 0 bridgehead atoms. The van der Waals surface area contributed by atoms with Gasteiger partial charge >= 0.3 is 0 Å². The van der Waals surface area contributed by atoms with Crippen LogP contribution in [0.4, 0.5) is 0 Å². The van der Waals surface area contributed by atoms with Crippen molar-refractivity contribution in [3.8, 4) is 11.4 Å². The van der Waals surface area contributed by atoms with Crippen molar-refractivity contribution < 1.29 is 14.4 Å². The summed E-state index contributed by atoms with van der Waals surface area (Å²) >= 11 is 0. The van der Waals surface area contributed by atoms with Crippen LogP contribution in [0, 0.1) is 6.92 Å². The molecule has 1 atom stereocenters. The molecule has 0 saturated carbocycles. The summed E-state index contributed by atoms with van der Waals surface area (Å²) in [5.74, 6) is 0.652. The molecule has 128 valence electrons. The van der Waals surface area contributed by atoms with Crippen LogP contribution in [0.1, 0.15) is 21.8 Å². The van der Waals surface area contributed by atoms with E-state index >= 15 is 0 Å². The average Bonchev–Trinajstić information content (AvgIpc) is 3.07. The second-order valence-electron chi connectivity index (χ2n) is 5.77. The molecular weight excluding hydrogens is 318 g/mol. The van der Waals surface area contributed by atoms with Gasteiger partial charge in [-0.05, 0) is 17.7 Å². The minimum absolute atomic E-state index is 0.180. The third-order valence-corrected chi connectivity index (χ3v) is 3.72. The Kier molecular flexibility index (Phi) is 5.20. The van der Waals surface area contributed by atoms with E-state index in [1.54, 1.807) is 25.1 Å². The average molecular weight is 337 g/mol. The van der Waals surface area contributed by atoms with E-state index in [-0.39, 0.29) is 12.5 Å². The predicted octanol–water partition coefficient (Wildman–Crippen LogP) is 2.38. The number of carbonyl (C=O) groups excluding carboxylic acids is 1. The summed E-state index contributed by atoms with van der Waals surface area (Å²) < 4.78 is 4.96. The van der Waals surface area contributed by atoms with Gasteiger partial charge in [0.25, 0.3) is 5.91 Å². The van der Waals surface area contributed by atoms with Crippen LogP contribution < -0.4 is 5.32 Å². The normalized spacial score (nSPS) is 11.9. The molecule has 0 aliphatic carbocycles. The number of aryl methyl sites for hydroxylation is 1. The lowest BCUT2D eigenvalue weighted by molar-refractivity contribution is 0.0916. The minimum atomic E-state index is -0.644. The van der Waals surface area contributed by atoms with Gasteiger partial charge in [0.1, 0.15) is 0 Å². The molecule has 3 aromatic rings. The van der Waals surface area contributed by atoms with Crippen molar-refractivity contribution in [2.45, 2.75) is 19.4 Å². The van der Waals surface area contributed by atoms with E-state index in [0.717, 1.165) is 5.56 Å². The van der Waals surface area contributed by atoms with Gasteiger partial charge in [0.05, 0.1) is 6.10 Å². The van der Waals surface area contributed by atoms with Gasteiger partial charge in [-0.3, -0.25) is 4.79 Å². The van der Waals surface area contributed by atoms with Crippen molar-refractivity contribution in [3.63, 3.8) is 0 Å². The molecule has 0 saturated heterocycles. The highest BCUT2D eigenvalue weighted by Crippen LogP contribution is 2.17. The molecule has 2 aromatic carbocycles. The van der Waals surface area contributed by atoms with Crippen LogP contribution in [0.25, 0.3) is 11.4 Å². The van der Waals surface area contributed by atoms with E-state index < -0.39 is 6.10 Å². The number of aliphatic hydroxyl groups excluding tert-OH is 1. The first kappa shape index (κ1) is 16.9. The maximum Gasteiger partial charge on any atom is 0.251 e. The second-order valence-corrected chi connectivity index (χ2v) is 5.77. The van der Waals surface area contributed by atoms with Crippen molar-refractivity contribution in [3.05, 3.63) is 71.6 Å². The molecule has 0 aliphatic rings. The summed E-state index contributed by atoms with van der Waals surface area (Å²) in [6, 6.07) is 16.6. The molecule has 1 amide bonds. The van der Waals surface area contributed by atoms with Crippen molar-refractivity contribution in [1.82, 2.24) is 15.5 Å². The topological polar surface area (TPSA) is 88.2 Å². The van der Waals surface area contributed by atoms with Crippen LogP contribution in [-0.4, -0.2) is 33.8 Å². The van der Waals surface area contributed by atoms with Gasteiger partial charge in [0.2, 0.25) is 11.7 Å². The highest BCUT2D eigenvalue weighted by atomic mass is 16.5. The SMILES string of the molecule is Cc1nc(-c2cccc(C(=O)NCC(O)Cc3ccccc3)c2)no1. The fraction of sp³-hybridized carbons (Fsp3) is 0.211. The lowest BCUT2D eigenvalue weighted by Crippen LogP contribution is -2.33. The fourth-order valence-electron chi connectivity index (χ4n) is 2.49. The van der Waals surface area contributed by atoms with Crippen LogP contribution in [0.2, 0.25) is 0 Å². The van der Waals surface area contributed by atoms with Crippen molar-refractivity contribution in [1.29, 1.82) is 0 Å². The van der Waals surface area contributed by atoms with E-state index in [1.165, 1.54) is 0 Å². The first-order valence-corrected chi connectivity index (χ1v) is 8.03. The number of carbonyl (C=O) groups is 1. The number of nitrogens with zero attached hydrogens (tertiary/aromatic N) is 2. The smallest absolute Gasteiger partial charge is 0.251 e. The van der Waals surface area contributed by atoms with Crippen LogP contribution in [0.5, 0.6) is 0 Å². The van der Waals surface area contributed by atoms with Gasteiger partial charge in [-0.25, -0.2) is 0 Å². The second kappa shape index (κ2) is 7.72. The lowest BCUT2D eigenvalue weighted by atomic mass is 10.1. The summed E-state index contributed by atoms with van der Waals surface area (Å²) in [5.41, 5.74) is 2.21. The molecule has 1 aromatic heterocycles. The highest BCUT2D eigenvalue weighted by Gasteiger charge is 2.12. The highest BCUT2D eigenvalue weighted by molar-refractivity contribution is 5.95. The molecule has 2 N–H and O–H groups in total. The predicted molar refractivity (Wildman–Crippen MR) is 93.0 cm³/mol. The van der Waals surface area contributed by atoms with E-state index in [9.17, 15) is 9.90 Å². The molecule has 6 nitrogen and oxygen atoms in total. The first-order valence-electron chi connectivity index (χ1n) is 8.03. The summed E-state index contributed by atoms with van der Waals surface area (Å²) in [4.78, 5) is 16.5. The van der Waals surface area contributed by atoms with Gasteiger partial charge in [-0.15, -0.1) is 0 Å². The monoisotopic (exact) mass is 337 g/mol. The number of hydrogen-bond donors (Lipinski definition) is 2. The Morgan fingerprint density at radius 2 is 2.00 bits per heavy atom. The Morgan fingerprint density at radius 1 is 1.20 bits per heavy atom. The van der Waals surface area contributed by atoms with Crippen molar-refractivity contribution in [2.75, 3.05) is 6.54 Å². The molecule has 0 spiro atoms. The number of rotatable bonds is 6. The zero-order valence-electron chi connectivity index (χ0n) is 13.8. The number of aromatic nitrogens is 2. The van der Waals surface area contributed by atoms with Gasteiger partial charge < -0.3 is 14.9 Å². The quantitative estimate of drug-likeness (QED) is 0.721. The maximum absolute atomic E-state index is 12.3. The molecule has 6 heteroatoms. The number of nitrogens with one attached hydrogen (secondary N) is 1. The van der Waals surface area contributed by atoms with Gasteiger partial charge in [0.15, 0.2) is 0 Å². The molecule has 0 radical (unpaired) electrons. The largest absolute Gasteiger partial charge is 0.391 e. The van der Waals surface area contributed by atoms with Crippen LogP contribution >= 0.6 is 0 Å². The van der Waals surface area contributed by atoms with Crippen LogP contribution in [0.3, 0.4) is 0 Å². The summed E-state index contributed by atoms with van der Waals surface area (Å²) in [5, 5.41) is 16.7. The Morgan fingerprint density at radius 3 is 2.72 bits per heavy atom. The van der Waals surface area contributed by atoms with Crippen molar-refractivity contribution in [2.24, 2.45) is 0 Å².